The van der Waals surface area contributed by atoms with Crippen molar-refractivity contribution in [3.63, 3.8) is 0 Å². The van der Waals surface area contributed by atoms with Gasteiger partial charge >= 0.3 is 5.97 Å². The number of carbonyl (C=O) groups is 2. The number of esters is 1. The van der Waals surface area contributed by atoms with Gasteiger partial charge in [0.05, 0.1) is 0 Å². The fourth-order valence-electron chi connectivity index (χ4n) is 1.54. The lowest BCUT2D eigenvalue weighted by Crippen LogP contribution is -2.33. The molecule has 0 saturated heterocycles. The zero-order valence-electron chi connectivity index (χ0n) is 8.81. The summed E-state index contributed by atoms with van der Waals surface area (Å²) in [6.45, 7) is 0.189. The molecule has 0 unspecified atom stereocenters. The van der Waals surface area contributed by atoms with Crippen molar-refractivity contribution in [2.24, 2.45) is 11.1 Å². The first kappa shape index (κ1) is 10.7. The van der Waals surface area contributed by atoms with Crippen molar-refractivity contribution < 1.29 is 14.3 Å². The van der Waals surface area contributed by atoms with Crippen molar-refractivity contribution in [3.05, 3.63) is 35.9 Å². The fraction of sp³-hybridized carbons (Fsp3) is 0.333. The van der Waals surface area contributed by atoms with Crippen molar-refractivity contribution in [2.75, 3.05) is 0 Å². The van der Waals surface area contributed by atoms with E-state index in [1.165, 1.54) is 0 Å². The molecular weight excluding hydrogens is 206 g/mol. The van der Waals surface area contributed by atoms with Crippen LogP contribution in [0.3, 0.4) is 0 Å². The van der Waals surface area contributed by atoms with Gasteiger partial charge in [0.2, 0.25) is 5.91 Å². The molecule has 0 spiro atoms. The lowest BCUT2D eigenvalue weighted by molar-refractivity contribution is -0.155. The van der Waals surface area contributed by atoms with E-state index in [0.29, 0.717) is 12.8 Å². The molecule has 1 aliphatic carbocycles. The quantitative estimate of drug-likeness (QED) is 0.606. The maximum absolute atomic E-state index is 11.6. The van der Waals surface area contributed by atoms with E-state index in [1.807, 2.05) is 30.3 Å². The van der Waals surface area contributed by atoms with E-state index in [1.54, 1.807) is 0 Å². The summed E-state index contributed by atoms with van der Waals surface area (Å²) in [5.74, 6) is -1.07. The summed E-state index contributed by atoms with van der Waals surface area (Å²) in [6, 6.07) is 9.33. The number of benzene rings is 1. The van der Waals surface area contributed by atoms with Gasteiger partial charge in [0.25, 0.3) is 0 Å². The lowest BCUT2D eigenvalue weighted by Gasteiger charge is -2.10. The molecule has 4 heteroatoms. The molecule has 0 aliphatic heterocycles. The highest BCUT2D eigenvalue weighted by molar-refractivity contribution is 6.04. The van der Waals surface area contributed by atoms with Crippen LogP contribution in [0.1, 0.15) is 18.4 Å². The van der Waals surface area contributed by atoms with Crippen molar-refractivity contribution in [3.8, 4) is 0 Å². The Kier molecular flexibility index (Phi) is 2.64. The monoisotopic (exact) mass is 219 g/mol. The smallest absolute Gasteiger partial charge is 0.321 e. The Hall–Kier alpha value is -1.84. The van der Waals surface area contributed by atoms with Gasteiger partial charge in [-0.3, -0.25) is 9.59 Å². The average Bonchev–Trinajstić information content (AvgIpc) is 3.08. The van der Waals surface area contributed by atoms with E-state index in [-0.39, 0.29) is 6.61 Å². The molecule has 1 aromatic carbocycles. The Morgan fingerprint density at radius 1 is 1.25 bits per heavy atom. The molecule has 0 radical (unpaired) electrons. The largest absolute Gasteiger partial charge is 0.460 e. The minimum Gasteiger partial charge on any atom is -0.460 e. The number of rotatable bonds is 4. The molecule has 4 nitrogen and oxygen atoms in total. The Balaban J connectivity index is 1.92. The van der Waals surface area contributed by atoms with Crippen LogP contribution in [-0.4, -0.2) is 11.9 Å². The van der Waals surface area contributed by atoms with Crippen molar-refractivity contribution in [1.29, 1.82) is 0 Å². The molecule has 0 atom stereocenters. The zero-order valence-corrected chi connectivity index (χ0v) is 8.81. The highest BCUT2D eigenvalue weighted by Crippen LogP contribution is 2.46. The second-order valence-corrected chi connectivity index (χ2v) is 4.01. The fourth-order valence-corrected chi connectivity index (χ4v) is 1.54. The zero-order chi connectivity index (χ0) is 11.6. The van der Waals surface area contributed by atoms with Gasteiger partial charge < -0.3 is 10.5 Å². The SMILES string of the molecule is NC(=O)C1(C(=O)OCc2ccccc2)CC1. The first-order valence-electron chi connectivity index (χ1n) is 5.16. The van der Waals surface area contributed by atoms with Crippen LogP contribution < -0.4 is 5.73 Å². The van der Waals surface area contributed by atoms with E-state index in [2.05, 4.69) is 0 Å². The van der Waals surface area contributed by atoms with Crippen LogP contribution in [0.5, 0.6) is 0 Å². The van der Waals surface area contributed by atoms with E-state index in [0.717, 1.165) is 5.56 Å². The number of hydrogen-bond acceptors (Lipinski definition) is 3. The molecule has 2 N–H and O–H groups in total. The standard InChI is InChI=1S/C12H13NO3/c13-10(14)12(6-7-12)11(15)16-8-9-4-2-1-3-5-9/h1-5H,6-8H2,(H2,13,14). The second-order valence-electron chi connectivity index (χ2n) is 4.01. The summed E-state index contributed by atoms with van der Waals surface area (Å²) in [5.41, 5.74) is 5.03. The molecule has 0 heterocycles. The molecule has 1 fully saturated rings. The van der Waals surface area contributed by atoms with Crippen molar-refractivity contribution in [1.82, 2.24) is 0 Å². The number of amides is 1. The van der Waals surface area contributed by atoms with Gasteiger partial charge in [-0.1, -0.05) is 30.3 Å². The van der Waals surface area contributed by atoms with Crippen molar-refractivity contribution in [2.45, 2.75) is 19.4 Å². The van der Waals surface area contributed by atoms with E-state index in [4.69, 9.17) is 10.5 Å². The lowest BCUT2D eigenvalue weighted by atomic mass is 10.1. The average molecular weight is 219 g/mol. The molecule has 16 heavy (non-hydrogen) atoms. The Morgan fingerprint density at radius 3 is 2.38 bits per heavy atom. The molecule has 1 saturated carbocycles. The first-order valence-corrected chi connectivity index (χ1v) is 5.16. The maximum atomic E-state index is 11.6. The summed E-state index contributed by atoms with van der Waals surface area (Å²) in [6.07, 6.45) is 1.02. The van der Waals surface area contributed by atoms with Crippen LogP contribution >= 0.6 is 0 Å². The van der Waals surface area contributed by atoms with Gasteiger partial charge in [-0.25, -0.2) is 0 Å². The minimum absolute atomic E-state index is 0.189. The summed E-state index contributed by atoms with van der Waals surface area (Å²) in [5, 5.41) is 0. The molecule has 1 aromatic rings. The minimum atomic E-state index is -1.03. The van der Waals surface area contributed by atoms with E-state index in [9.17, 15) is 9.59 Å². The van der Waals surface area contributed by atoms with Crippen LogP contribution in [0.25, 0.3) is 0 Å². The molecule has 0 aromatic heterocycles. The summed E-state index contributed by atoms with van der Waals surface area (Å²) >= 11 is 0. The third-order valence-corrected chi connectivity index (χ3v) is 2.83. The predicted molar refractivity (Wildman–Crippen MR) is 57.1 cm³/mol. The van der Waals surface area contributed by atoms with Crippen LogP contribution in [0.15, 0.2) is 30.3 Å². The van der Waals surface area contributed by atoms with Gasteiger partial charge in [0.15, 0.2) is 0 Å². The third kappa shape index (κ3) is 1.91. The van der Waals surface area contributed by atoms with Gasteiger partial charge in [0, 0.05) is 0 Å². The maximum Gasteiger partial charge on any atom is 0.321 e. The van der Waals surface area contributed by atoms with Crippen LogP contribution in [0, 0.1) is 5.41 Å². The summed E-state index contributed by atoms with van der Waals surface area (Å²) < 4.78 is 5.08. The highest BCUT2D eigenvalue weighted by atomic mass is 16.5. The van der Waals surface area contributed by atoms with Gasteiger partial charge in [-0.15, -0.1) is 0 Å². The van der Waals surface area contributed by atoms with E-state index < -0.39 is 17.3 Å². The van der Waals surface area contributed by atoms with Crippen LogP contribution in [0.2, 0.25) is 0 Å². The molecular formula is C12H13NO3. The molecule has 2 rings (SSSR count). The number of ether oxygens (including phenoxy) is 1. The van der Waals surface area contributed by atoms with Gasteiger partial charge in [-0.2, -0.15) is 0 Å². The normalized spacial score (nSPS) is 16.5. The molecule has 1 aliphatic rings. The molecule has 1 amide bonds. The molecule has 0 bridgehead atoms. The van der Waals surface area contributed by atoms with Crippen LogP contribution in [0.4, 0.5) is 0 Å². The number of primary amides is 1. The van der Waals surface area contributed by atoms with Crippen molar-refractivity contribution >= 4 is 11.9 Å². The van der Waals surface area contributed by atoms with E-state index >= 15 is 0 Å². The Labute approximate surface area is 93.4 Å². The highest BCUT2D eigenvalue weighted by Gasteiger charge is 2.56. The Morgan fingerprint density at radius 2 is 1.88 bits per heavy atom. The Bertz CT molecular complexity index is 410. The number of carbonyl (C=O) groups excluding carboxylic acids is 2. The number of hydrogen-bond donors (Lipinski definition) is 1. The summed E-state index contributed by atoms with van der Waals surface area (Å²) in [4.78, 5) is 22.7. The summed E-state index contributed by atoms with van der Waals surface area (Å²) in [7, 11) is 0. The van der Waals surface area contributed by atoms with Gasteiger partial charge in [0.1, 0.15) is 12.0 Å². The second kappa shape index (κ2) is 3.96. The number of nitrogens with two attached hydrogens (primary N) is 1. The third-order valence-electron chi connectivity index (χ3n) is 2.83. The van der Waals surface area contributed by atoms with Crippen LogP contribution in [-0.2, 0) is 20.9 Å². The van der Waals surface area contributed by atoms with Gasteiger partial charge in [-0.05, 0) is 18.4 Å². The topological polar surface area (TPSA) is 69.4 Å². The first-order chi connectivity index (χ1) is 7.65. The molecule has 84 valence electrons. The predicted octanol–water partition coefficient (Wildman–Crippen LogP) is 0.995.